The molecule has 0 aromatic heterocycles. The van der Waals surface area contributed by atoms with Gasteiger partial charge in [0.2, 0.25) is 5.91 Å². The molecule has 4 atom stereocenters. The van der Waals surface area contributed by atoms with Gasteiger partial charge in [0, 0.05) is 49.9 Å². The van der Waals surface area contributed by atoms with Gasteiger partial charge in [-0.1, -0.05) is 6.07 Å². The summed E-state index contributed by atoms with van der Waals surface area (Å²) in [6.45, 7) is 3.47. The molecule has 5 aliphatic rings. The monoisotopic (exact) mass is 452 g/mol. The van der Waals surface area contributed by atoms with Crippen LogP contribution in [0.3, 0.4) is 0 Å². The van der Waals surface area contributed by atoms with Crippen molar-refractivity contribution in [3.63, 3.8) is 0 Å². The number of hydrogen-bond acceptors (Lipinski definition) is 5. The van der Waals surface area contributed by atoms with E-state index >= 15 is 0 Å². The van der Waals surface area contributed by atoms with E-state index in [1.54, 1.807) is 12.1 Å². The number of nitrogens with zero attached hydrogens (tertiary/aromatic N) is 2. The summed E-state index contributed by atoms with van der Waals surface area (Å²) in [6, 6.07) is 5.46. The Morgan fingerprint density at radius 1 is 1.12 bits per heavy atom. The van der Waals surface area contributed by atoms with E-state index in [1.165, 1.54) is 19.3 Å². The molecule has 2 heterocycles. The van der Waals surface area contributed by atoms with Crippen molar-refractivity contribution in [2.24, 2.45) is 11.8 Å². The Hall–Kier alpha value is -1.92. The molecule has 2 bridgehead atoms. The fraction of sp³-hybridized carbons (Fsp3) is 0.704. The largest absolute Gasteiger partial charge is 0.508 e. The number of amides is 1. The number of likely N-dealkylation sites (tertiary alicyclic amines) is 2. The first-order chi connectivity index (χ1) is 15.9. The molecule has 2 saturated heterocycles. The van der Waals surface area contributed by atoms with Crippen LogP contribution in [0, 0.1) is 11.8 Å². The van der Waals surface area contributed by atoms with Crippen LogP contribution in [0.25, 0.3) is 0 Å². The summed E-state index contributed by atoms with van der Waals surface area (Å²) < 4.78 is 0. The third kappa shape index (κ3) is 3.44. The second kappa shape index (κ2) is 7.81. The van der Waals surface area contributed by atoms with Gasteiger partial charge in [-0.3, -0.25) is 14.5 Å². The zero-order valence-electron chi connectivity index (χ0n) is 19.5. The number of carbonyl (C=O) groups is 2. The lowest BCUT2D eigenvalue weighted by molar-refractivity contribution is -0.183. The van der Waals surface area contributed by atoms with Gasteiger partial charge >= 0.3 is 0 Å². The summed E-state index contributed by atoms with van der Waals surface area (Å²) in [7, 11) is 0. The van der Waals surface area contributed by atoms with E-state index < -0.39 is 16.9 Å². The minimum atomic E-state index is -1.05. The second-order valence-electron chi connectivity index (χ2n) is 11.4. The zero-order chi connectivity index (χ0) is 22.8. The normalized spacial score (nSPS) is 36.3. The van der Waals surface area contributed by atoms with Crippen molar-refractivity contribution in [2.75, 3.05) is 26.2 Å². The van der Waals surface area contributed by atoms with Crippen molar-refractivity contribution in [1.82, 2.24) is 9.80 Å². The van der Waals surface area contributed by atoms with Gasteiger partial charge in [0.05, 0.1) is 5.60 Å². The summed E-state index contributed by atoms with van der Waals surface area (Å²) >= 11 is 0. The highest BCUT2D eigenvalue weighted by Gasteiger charge is 2.66. The van der Waals surface area contributed by atoms with Gasteiger partial charge in [-0.25, -0.2) is 0 Å². The number of aliphatic hydroxyl groups is 1. The Morgan fingerprint density at radius 3 is 2.67 bits per heavy atom. The van der Waals surface area contributed by atoms with Crippen LogP contribution in [0.15, 0.2) is 18.2 Å². The van der Waals surface area contributed by atoms with Crippen LogP contribution in [0.2, 0.25) is 0 Å². The van der Waals surface area contributed by atoms with E-state index in [0.29, 0.717) is 6.42 Å². The van der Waals surface area contributed by atoms with Crippen molar-refractivity contribution in [3.8, 4) is 5.75 Å². The van der Waals surface area contributed by atoms with Crippen LogP contribution >= 0.6 is 0 Å². The highest BCUT2D eigenvalue weighted by Crippen LogP contribution is 2.59. The molecule has 1 aromatic carbocycles. The quantitative estimate of drug-likeness (QED) is 0.734. The molecule has 3 aliphatic carbocycles. The van der Waals surface area contributed by atoms with Crippen molar-refractivity contribution in [2.45, 2.75) is 81.3 Å². The number of Topliss-reactive ketones (excluding diaryl/α,β-unsaturated/α-hetero) is 1. The number of phenolic OH excluding ortho intramolecular Hbond substituents is 1. The predicted molar refractivity (Wildman–Crippen MR) is 124 cm³/mol. The molecule has 0 radical (unpaired) electrons. The Balaban J connectivity index is 1.34. The number of carbonyl (C=O) groups excluding carboxylic acids is 2. The van der Waals surface area contributed by atoms with Gasteiger partial charge in [-0.15, -0.1) is 0 Å². The van der Waals surface area contributed by atoms with Crippen LogP contribution < -0.4 is 0 Å². The van der Waals surface area contributed by atoms with Crippen molar-refractivity contribution >= 4 is 11.7 Å². The molecule has 1 amide bonds. The highest BCUT2D eigenvalue weighted by atomic mass is 16.3. The Labute approximate surface area is 195 Å². The van der Waals surface area contributed by atoms with E-state index in [1.807, 2.05) is 11.0 Å². The summed E-state index contributed by atoms with van der Waals surface area (Å²) in [6.07, 6.45) is 8.08. The molecule has 4 fully saturated rings. The fourth-order valence-electron chi connectivity index (χ4n) is 7.51. The maximum absolute atomic E-state index is 13.5. The number of fused-ring (bicyclic) bond motifs is 1. The minimum Gasteiger partial charge on any atom is -0.508 e. The summed E-state index contributed by atoms with van der Waals surface area (Å²) in [5, 5.41) is 22.8. The molecule has 178 valence electrons. The standard InChI is InChI=1S/C27H36N2O4/c30-21-7-6-19-12-24-27(33)15-20(13-25(32)28-9-2-1-3-10-28)23(31)16-26(27,22(19)14-21)8-11-29(24)17-18-4-5-18/h6-7,14,18,20,24,30,33H,1-5,8-13,15-17H2/t20-,24+,26+,27+/m0/s1. The zero-order valence-corrected chi connectivity index (χ0v) is 19.5. The lowest BCUT2D eigenvalue weighted by atomic mass is 9.47. The van der Waals surface area contributed by atoms with Crippen LogP contribution in [0.5, 0.6) is 5.75 Å². The van der Waals surface area contributed by atoms with E-state index in [-0.39, 0.29) is 36.3 Å². The topological polar surface area (TPSA) is 81.1 Å². The average Bonchev–Trinajstić information content (AvgIpc) is 3.62. The van der Waals surface area contributed by atoms with Gasteiger partial charge in [-0.05, 0) is 87.1 Å². The summed E-state index contributed by atoms with van der Waals surface area (Å²) in [5.41, 5.74) is 0.396. The average molecular weight is 453 g/mol. The third-order valence-electron chi connectivity index (χ3n) is 9.48. The molecule has 6 heteroatoms. The van der Waals surface area contributed by atoms with Crippen molar-refractivity contribution in [1.29, 1.82) is 0 Å². The number of rotatable bonds is 4. The van der Waals surface area contributed by atoms with Gasteiger partial charge in [0.25, 0.3) is 0 Å². The molecule has 0 unspecified atom stereocenters. The van der Waals surface area contributed by atoms with Crippen LogP contribution in [0.4, 0.5) is 0 Å². The first kappa shape index (κ1) is 21.6. The SMILES string of the molecule is O=C1C[C@]23CCN(CC4CC4)[C@H](Cc4ccc(O)cc42)[C@]3(O)C[C@@H]1CC(=O)N1CCCCC1. The van der Waals surface area contributed by atoms with Crippen LogP contribution in [-0.2, 0) is 21.4 Å². The van der Waals surface area contributed by atoms with Gasteiger partial charge in [-0.2, -0.15) is 0 Å². The molecule has 6 rings (SSSR count). The summed E-state index contributed by atoms with van der Waals surface area (Å²) in [5.74, 6) is 0.681. The predicted octanol–water partition coefficient (Wildman–Crippen LogP) is 2.78. The molecular weight excluding hydrogens is 416 g/mol. The molecule has 33 heavy (non-hydrogen) atoms. The van der Waals surface area contributed by atoms with Gasteiger partial charge in [0.15, 0.2) is 0 Å². The first-order valence-electron chi connectivity index (χ1n) is 13.0. The summed E-state index contributed by atoms with van der Waals surface area (Å²) in [4.78, 5) is 30.9. The lowest BCUT2D eigenvalue weighted by Gasteiger charge is -2.64. The molecule has 2 aliphatic heterocycles. The smallest absolute Gasteiger partial charge is 0.223 e. The highest BCUT2D eigenvalue weighted by molar-refractivity contribution is 5.89. The molecule has 2 N–H and O–H groups in total. The minimum absolute atomic E-state index is 0.0374. The Morgan fingerprint density at radius 2 is 1.91 bits per heavy atom. The van der Waals surface area contributed by atoms with E-state index in [2.05, 4.69) is 4.90 Å². The number of ketones is 1. The number of phenols is 1. The molecule has 6 nitrogen and oxygen atoms in total. The van der Waals surface area contributed by atoms with Crippen LogP contribution in [0.1, 0.15) is 68.9 Å². The first-order valence-corrected chi connectivity index (χ1v) is 13.0. The lowest BCUT2D eigenvalue weighted by Crippen LogP contribution is -2.74. The second-order valence-corrected chi connectivity index (χ2v) is 11.4. The number of piperidine rings is 2. The van der Waals surface area contributed by atoms with E-state index in [0.717, 1.165) is 68.9 Å². The third-order valence-corrected chi connectivity index (χ3v) is 9.48. The Kier molecular flexibility index (Phi) is 5.11. The van der Waals surface area contributed by atoms with Crippen molar-refractivity contribution < 1.29 is 19.8 Å². The maximum atomic E-state index is 13.5. The number of benzene rings is 1. The van der Waals surface area contributed by atoms with Crippen LogP contribution in [-0.4, -0.2) is 69.5 Å². The van der Waals surface area contributed by atoms with E-state index in [4.69, 9.17) is 0 Å². The Bertz CT molecular complexity index is 969. The molecular formula is C27H36N2O4. The fourth-order valence-corrected chi connectivity index (χ4v) is 7.51. The van der Waals surface area contributed by atoms with Gasteiger partial charge < -0.3 is 15.1 Å². The van der Waals surface area contributed by atoms with Crippen molar-refractivity contribution in [3.05, 3.63) is 29.3 Å². The molecule has 0 spiro atoms. The maximum Gasteiger partial charge on any atom is 0.223 e. The molecule has 1 aromatic rings. The number of hydrogen-bond donors (Lipinski definition) is 2. The van der Waals surface area contributed by atoms with Gasteiger partial charge in [0.1, 0.15) is 11.5 Å². The van der Waals surface area contributed by atoms with E-state index in [9.17, 15) is 19.8 Å². The molecule has 2 saturated carbocycles. The number of aromatic hydroxyl groups is 1.